The van der Waals surface area contributed by atoms with Crippen LogP contribution in [0.4, 0.5) is 0 Å². The van der Waals surface area contributed by atoms with Gasteiger partial charge in [-0.25, -0.2) is 4.79 Å². The Kier molecular flexibility index (Phi) is 2.19. The molecule has 2 rings (SSSR count). The SMILES string of the molecule is CCOC(=O)c1csc2c1CC=C2. The molecule has 0 radical (unpaired) electrons. The van der Waals surface area contributed by atoms with E-state index in [4.69, 9.17) is 4.74 Å². The van der Waals surface area contributed by atoms with Gasteiger partial charge in [-0.1, -0.05) is 6.08 Å². The fourth-order valence-electron chi connectivity index (χ4n) is 1.41. The van der Waals surface area contributed by atoms with Gasteiger partial charge in [0, 0.05) is 10.3 Å². The van der Waals surface area contributed by atoms with Gasteiger partial charge in [0.1, 0.15) is 0 Å². The van der Waals surface area contributed by atoms with Crippen molar-refractivity contribution in [3.8, 4) is 0 Å². The Bertz CT molecular complexity index is 363. The maximum absolute atomic E-state index is 11.4. The minimum Gasteiger partial charge on any atom is -0.462 e. The van der Waals surface area contributed by atoms with Gasteiger partial charge < -0.3 is 4.74 Å². The molecule has 1 aromatic rings. The average molecular weight is 194 g/mol. The fourth-order valence-corrected chi connectivity index (χ4v) is 2.41. The van der Waals surface area contributed by atoms with Gasteiger partial charge in [-0.3, -0.25) is 0 Å². The summed E-state index contributed by atoms with van der Waals surface area (Å²) >= 11 is 1.61. The van der Waals surface area contributed by atoms with E-state index >= 15 is 0 Å². The molecule has 0 aromatic carbocycles. The molecular formula is C10H10O2S. The van der Waals surface area contributed by atoms with E-state index in [1.165, 1.54) is 4.88 Å². The largest absolute Gasteiger partial charge is 0.462 e. The molecule has 0 aliphatic heterocycles. The van der Waals surface area contributed by atoms with Gasteiger partial charge in [-0.05, 0) is 25.0 Å². The van der Waals surface area contributed by atoms with Gasteiger partial charge in [-0.2, -0.15) is 0 Å². The average Bonchev–Trinajstić information content (AvgIpc) is 2.62. The van der Waals surface area contributed by atoms with E-state index in [9.17, 15) is 4.79 Å². The molecule has 0 unspecified atom stereocenters. The van der Waals surface area contributed by atoms with Crippen molar-refractivity contribution in [1.82, 2.24) is 0 Å². The molecule has 1 aliphatic carbocycles. The molecule has 0 spiro atoms. The van der Waals surface area contributed by atoms with Crippen molar-refractivity contribution < 1.29 is 9.53 Å². The molecule has 1 aromatic heterocycles. The van der Waals surface area contributed by atoms with Crippen molar-refractivity contribution in [1.29, 1.82) is 0 Å². The number of hydrogen-bond donors (Lipinski definition) is 0. The summed E-state index contributed by atoms with van der Waals surface area (Å²) in [7, 11) is 0. The summed E-state index contributed by atoms with van der Waals surface area (Å²) in [6, 6.07) is 0. The number of ether oxygens (including phenoxy) is 1. The predicted octanol–water partition coefficient (Wildman–Crippen LogP) is 2.49. The second kappa shape index (κ2) is 3.34. The molecule has 0 amide bonds. The van der Waals surface area contributed by atoms with Gasteiger partial charge in [-0.15, -0.1) is 11.3 Å². The Morgan fingerprint density at radius 1 is 1.69 bits per heavy atom. The number of fused-ring (bicyclic) bond motifs is 1. The number of carbonyl (C=O) groups excluding carboxylic acids is 1. The Morgan fingerprint density at radius 3 is 3.31 bits per heavy atom. The second-order valence-electron chi connectivity index (χ2n) is 2.82. The maximum atomic E-state index is 11.4. The molecule has 0 saturated carbocycles. The highest BCUT2D eigenvalue weighted by molar-refractivity contribution is 7.11. The maximum Gasteiger partial charge on any atom is 0.339 e. The first-order chi connectivity index (χ1) is 6.33. The predicted molar refractivity (Wildman–Crippen MR) is 53.0 cm³/mol. The first kappa shape index (κ1) is 8.51. The monoisotopic (exact) mass is 194 g/mol. The van der Waals surface area contributed by atoms with Crippen LogP contribution in [0.15, 0.2) is 11.5 Å². The standard InChI is InChI=1S/C10H10O2S/c1-2-12-10(11)8-6-13-9-5-3-4-7(8)9/h3,5-6H,2,4H2,1H3. The highest BCUT2D eigenvalue weighted by Gasteiger charge is 2.18. The zero-order valence-corrected chi connectivity index (χ0v) is 8.19. The third kappa shape index (κ3) is 1.40. The highest BCUT2D eigenvalue weighted by atomic mass is 32.1. The summed E-state index contributed by atoms with van der Waals surface area (Å²) in [5, 5.41) is 1.88. The van der Waals surface area contributed by atoms with Crippen LogP contribution in [-0.4, -0.2) is 12.6 Å². The third-order valence-corrected chi connectivity index (χ3v) is 3.00. The lowest BCUT2D eigenvalue weighted by Gasteiger charge is -2.00. The highest BCUT2D eigenvalue weighted by Crippen LogP contribution is 2.29. The van der Waals surface area contributed by atoms with Crippen LogP contribution in [0.5, 0.6) is 0 Å². The van der Waals surface area contributed by atoms with Crippen LogP contribution in [0.3, 0.4) is 0 Å². The van der Waals surface area contributed by atoms with Crippen molar-refractivity contribution in [3.05, 3.63) is 27.5 Å². The van der Waals surface area contributed by atoms with E-state index in [0.29, 0.717) is 6.61 Å². The van der Waals surface area contributed by atoms with Crippen molar-refractivity contribution in [2.24, 2.45) is 0 Å². The van der Waals surface area contributed by atoms with Gasteiger partial charge >= 0.3 is 5.97 Å². The molecular weight excluding hydrogens is 184 g/mol. The molecule has 1 heterocycles. The van der Waals surface area contributed by atoms with E-state index in [0.717, 1.165) is 17.5 Å². The van der Waals surface area contributed by atoms with Crippen LogP contribution in [0.25, 0.3) is 6.08 Å². The normalized spacial score (nSPS) is 13.0. The van der Waals surface area contributed by atoms with E-state index in [2.05, 4.69) is 12.2 Å². The van der Waals surface area contributed by atoms with Crippen molar-refractivity contribution in [3.63, 3.8) is 0 Å². The minimum absolute atomic E-state index is 0.191. The zero-order valence-electron chi connectivity index (χ0n) is 7.37. The molecule has 13 heavy (non-hydrogen) atoms. The summed E-state index contributed by atoms with van der Waals surface area (Å²) in [5.41, 5.74) is 1.87. The van der Waals surface area contributed by atoms with Crippen LogP contribution in [0, 0.1) is 0 Å². The summed E-state index contributed by atoms with van der Waals surface area (Å²) in [5.74, 6) is -0.191. The topological polar surface area (TPSA) is 26.3 Å². The van der Waals surface area contributed by atoms with Crippen LogP contribution in [0.1, 0.15) is 27.7 Å². The number of allylic oxidation sites excluding steroid dienone is 1. The number of thiophene rings is 1. The van der Waals surface area contributed by atoms with E-state index in [1.807, 2.05) is 12.3 Å². The fraction of sp³-hybridized carbons (Fsp3) is 0.300. The molecule has 2 nitrogen and oxygen atoms in total. The zero-order chi connectivity index (χ0) is 9.26. The summed E-state index contributed by atoms with van der Waals surface area (Å²) in [6.45, 7) is 2.26. The lowest BCUT2D eigenvalue weighted by Crippen LogP contribution is -2.05. The Balaban J connectivity index is 2.28. The quantitative estimate of drug-likeness (QED) is 0.676. The first-order valence-corrected chi connectivity index (χ1v) is 5.15. The molecule has 0 fully saturated rings. The lowest BCUT2D eigenvalue weighted by atomic mass is 10.1. The van der Waals surface area contributed by atoms with Crippen LogP contribution >= 0.6 is 11.3 Å². The Labute approximate surface area is 80.8 Å². The van der Waals surface area contributed by atoms with Crippen molar-refractivity contribution >= 4 is 23.4 Å². The summed E-state index contributed by atoms with van der Waals surface area (Å²) in [6.07, 6.45) is 5.00. The van der Waals surface area contributed by atoms with Crippen LogP contribution in [-0.2, 0) is 11.2 Å². The Morgan fingerprint density at radius 2 is 2.54 bits per heavy atom. The smallest absolute Gasteiger partial charge is 0.339 e. The molecule has 0 bridgehead atoms. The molecule has 1 aliphatic rings. The number of hydrogen-bond acceptors (Lipinski definition) is 3. The number of rotatable bonds is 2. The van der Waals surface area contributed by atoms with E-state index < -0.39 is 0 Å². The van der Waals surface area contributed by atoms with Crippen molar-refractivity contribution in [2.75, 3.05) is 6.61 Å². The van der Waals surface area contributed by atoms with E-state index in [-0.39, 0.29) is 5.97 Å². The van der Waals surface area contributed by atoms with Gasteiger partial charge in [0.2, 0.25) is 0 Å². The van der Waals surface area contributed by atoms with Crippen molar-refractivity contribution in [2.45, 2.75) is 13.3 Å². The molecule has 3 heteroatoms. The third-order valence-electron chi connectivity index (χ3n) is 2.01. The van der Waals surface area contributed by atoms with Gasteiger partial charge in [0.15, 0.2) is 0 Å². The van der Waals surface area contributed by atoms with Gasteiger partial charge in [0.25, 0.3) is 0 Å². The minimum atomic E-state index is -0.191. The molecule has 68 valence electrons. The molecule has 0 atom stereocenters. The number of carbonyl (C=O) groups is 1. The molecule has 0 N–H and O–H groups in total. The number of esters is 1. The van der Waals surface area contributed by atoms with Crippen LogP contribution in [0.2, 0.25) is 0 Å². The summed E-state index contributed by atoms with van der Waals surface area (Å²) in [4.78, 5) is 12.6. The molecule has 0 saturated heterocycles. The Hall–Kier alpha value is -1.09. The van der Waals surface area contributed by atoms with E-state index in [1.54, 1.807) is 11.3 Å². The summed E-state index contributed by atoms with van der Waals surface area (Å²) < 4.78 is 4.95. The lowest BCUT2D eigenvalue weighted by molar-refractivity contribution is 0.0526. The van der Waals surface area contributed by atoms with Gasteiger partial charge in [0.05, 0.1) is 12.2 Å². The van der Waals surface area contributed by atoms with Crippen LogP contribution < -0.4 is 0 Å². The first-order valence-electron chi connectivity index (χ1n) is 4.27. The second-order valence-corrected chi connectivity index (χ2v) is 3.73.